The molecular weight excluding hydrogens is 275 g/mol. The molecule has 2 aromatic carbocycles. The molecule has 0 bridgehead atoms. The predicted octanol–water partition coefficient (Wildman–Crippen LogP) is 5.69. The van der Waals surface area contributed by atoms with E-state index in [-0.39, 0.29) is 0 Å². The van der Waals surface area contributed by atoms with E-state index < -0.39 is 0 Å². The van der Waals surface area contributed by atoms with Crippen LogP contribution < -0.4 is 0 Å². The van der Waals surface area contributed by atoms with Crippen LogP contribution in [0.25, 0.3) is 0 Å². The Morgan fingerprint density at radius 2 is 1.74 bits per heavy atom. The van der Waals surface area contributed by atoms with Crippen molar-refractivity contribution in [2.45, 2.75) is 25.2 Å². The van der Waals surface area contributed by atoms with Gasteiger partial charge in [-0.25, -0.2) is 0 Å². The minimum absolute atomic E-state index is 0.393. The molecule has 0 saturated carbocycles. The Hall–Kier alpha value is -0.980. The molecule has 0 saturated heterocycles. The summed E-state index contributed by atoms with van der Waals surface area (Å²) in [6, 6.07) is 18.6. The third-order valence-electron chi connectivity index (χ3n) is 3.37. The first-order valence-electron chi connectivity index (χ1n) is 6.65. The third kappa shape index (κ3) is 4.56. The fourth-order valence-corrected chi connectivity index (χ4v) is 2.82. The van der Waals surface area contributed by atoms with Crippen LogP contribution in [0.3, 0.4) is 0 Å². The van der Waals surface area contributed by atoms with Gasteiger partial charge in [-0.2, -0.15) is 0 Å². The molecule has 1 atom stereocenters. The van der Waals surface area contributed by atoms with Gasteiger partial charge in [0.2, 0.25) is 0 Å². The normalized spacial score (nSPS) is 12.3. The molecule has 19 heavy (non-hydrogen) atoms. The van der Waals surface area contributed by atoms with Crippen molar-refractivity contribution in [1.29, 1.82) is 0 Å². The maximum absolute atomic E-state index is 6.09. The van der Waals surface area contributed by atoms with Crippen LogP contribution in [0, 0.1) is 0 Å². The maximum Gasteiger partial charge on any atom is 0.0408 e. The maximum atomic E-state index is 6.09. The molecule has 1 unspecified atom stereocenters. The van der Waals surface area contributed by atoms with Gasteiger partial charge in [0.05, 0.1) is 0 Å². The SMILES string of the molecule is ClCC(CCCc1ccccc1)c1cccc(Cl)c1. The average Bonchev–Trinajstić information content (AvgIpc) is 2.45. The van der Waals surface area contributed by atoms with Crippen molar-refractivity contribution >= 4 is 23.2 Å². The molecule has 0 N–H and O–H groups in total. The summed E-state index contributed by atoms with van der Waals surface area (Å²) in [4.78, 5) is 0. The number of aryl methyl sites for hydroxylation is 1. The Kier molecular flexibility index (Phi) is 5.75. The van der Waals surface area contributed by atoms with Crippen molar-refractivity contribution in [2.75, 3.05) is 5.88 Å². The minimum atomic E-state index is 0.393. The largest absolute Gasteiger partial charge is 0.126 e. The van der Waals surface area contributed by atoms with Gasteiger partial charge in [-0.05, 0) is 48.4 Å². The minimum Gasteiger partial charge on any atom is -0.126 e. The zero-order chi connectivity index (χ0) is 13.5. The first kappa shape index (κ1) is 14.4. The Balaban J connectivity index is 1.89. The van der Waals surface area contributed by atoms with Crippen molar-refractivity contribution in [3.63, 3.8) is 0 Å². The zero-order valence-corrected chi connectivity index (χ0v) is 12.4. The highest BCUT2D eigenvalue weighted by molar-refractivity contribution is 6.30. The van der Waals surface area contributed by atoms with Gasteiger partial charge in [0.15, 0.2) is 0 Å². The monoisotopic (exact) mass is 292 g/mol. The van der Waals surface area contributed by atoms with E-state index in [1.54, 1.807) is 0 Å². The van der Waals surface area contributed by atoms with Crippen molar-refractivity contribution in [1.82, 2.24) is 0 Å². The lowest BCUT2D eigenvalue weighted by Gasteiger charge is -2.14. The number of benzene rings is 2. The van der Waals surface area contributed by atoms with E-state index in [0.29, 0.717) is 11.8 Å². The van der Waals surface area contributed by atoms with Gasteiger partial charge in [-0.1, -0.05) is 54.1 Å². The van der Waals surface area contributed by atoms with Crippen LogP contribution in [0.5, 0.6) is 0 Å². The number of rotatable bonds is 6. The Bertz CT molecular complexity index is 494. The first-order valence-corrected chi connectivity index (χ1v) is 7.56. The van der Waals surface area contributed by atoms with Crippen LogP contribution in [0.4, 0.5) is 0 Å². The molecule has 0 fully saturated rings. The van der Waals surface area contributed by atoms with Gasteiger partial charge in [0.1, 0.15) is 0 Å². The Morgan fingerprint density at radius 3 is 2.42 bits per heavy atom. The summed E-state index contributed by atoms with van der Waals surface area (Å²) < 4.78 is 0. The summed E-state index contributed by atoms with van der Waals surface area (Å²) in [5.41, 5.74) is 2.64. The highest BCUT2D eigenvalue weighted by Gasteiger charge is 2.10. The number of halogens is 2. The molecule has 0 aromatic heterocycles. The standard InChI is InChI=1S/C17H18Cl2/c18-13-16(15-9-5-11-17(19)12-15)10-4-8-14-6-2-1-3-7-14/h1-3,5-7,9,11-12,16H,4,8,10,13H2. The van der Waals surface area contributed by atoms with E-state index in [4.69, 9.17) is 23.2 Å². The Labute approximate surface area is 125 Å². The van der Waals surface area contributed by atoms with Gasteiger partial charge in [-0.15, -0.1) is 11.6 Å². The number of hydrogen-bond acceptors (Lipinski definition) is 0. The van der Waals surface area contributed by atoms with E-state index >= 15 is 0 Å². The third-order valence-corrected chi connectivity index (χ3v) is 3.97. The second-order valence-electron chi connectivity index (χ2n) is 4.78. The smallest absolute Gasteiger partial charge is 0.0408 e. The van der Waals surface area contributed by atoms with E-state index in [1.165, 1.54) is 11.1 Å². The Morgan fingerprint density at radius 1 is 0.947 bits per heavy atom. The van der Waals surface area contributed by atoms with E-state index in [9.17, 15) is 0 Å². The molecule has 0 aliphatic rings. The van der Waals surface area contributed by atoms with Gasteiger partial charge in [0.25, 0.3) is 0 Å². The van der Waals surface area contributed by atoms with Crippen LogP contribution in [0.1, 0.15) is 29.9 Å². The fraction of sp³-hybridized carbons (Fsp3) is 0.294. The molecule has 0 radical (unpaired) electrons. The van der Waals surface area contributed by atoms with Gasteiger partial charge in [-0.3, -0.25) is 0 Å². The predicted molar refractivity (Wildman–Crippen MR) is 84.3 cm³/mol. The van der Waals surface area contributed by atoms with Crippen LogP contribution >= 0.6 is 23.2 Å². The highest BCUT2D eigenvalue weighted by atomic mass is 35.5. The highest BCUT2D eigenvalue weighted by Crippen LogP contribution is 2.25. The fourth-order valence-electron chi connectivity index (χ4n) is 2.29. The molecule has 0 spiro atoms. The summed E-state index contributed by atoms with van der Waals surface area (Å²) in [6.45, 7) is 0. The second-order valence-corrected chi connectivity index (χ2v) is 5.53. The van der Waals surface area contributed by atoms with Gasteiger partial charge < -0.3 is 0 Å². The molecule has 0 nitrogen and oxygen atoms in total. The van der Waals surface area contributed by atoms with Gasteiger partial charge in [0, 0.05) is 10.9 Å². The summed E-state index contributed by atoms with van der Waals surface area (Å²) in [5, 5.41) is 0.788. The molecular formula is C17H18Cl2. The van der Waals surface area contributed by atoms with E-state index in [0.717, 1.165) is 24.3 Å². The quantitative estimate of drug-likeness (QED) is 0.600. The zero-order valence-electron chi connectivity index (χ0n) is 10.9. The van der Waals surface area contributed by atoms with Crippen LogP contribution in [0.2, 0.25) is 5.02 Å². The number of alkyl halides is 1. The molecule has 100 valence electrons. The molecule has 0 aliphatic carbocycles. The topological polar surface area (TPSA) is 0 Å². The molecule has 0 heterocycles. The van der Waals surface area contributed by atoms with Gasteiger partial charge >= 0.3 is 0 Å². The van der Waals surface area contributed by atoms with Crippen molar-refractivity contribution < 1.29 is 0 Å². The summed E-state index contributed by atoms with van der Waals surface area (Å²) >= 11 is 12.1. The lowest BCUT2D eigenvalue weighted by molar-refractivity contribution is 0.638. The van der Waals surface area contributed by atoms with E-state index in [1.807, 2.05) is 18.2 Å². The van der Waals surface area contributed by atoms with E-state index in [2.05, 4.69) is 36.4 Å². The molecule has 2 rings (SSSR count). The molecule has 0 aliphatic heterocycles. The van der Waals surface area contributed by atoms with Crippen LogP contribution in [-0.4, -0.2) is 5.88 Å². The second kappa shape index (κ2) is 7.57. The van der Waals surface area contributed by atoms with Crippen molar-refractivity contribution in [3.05, 3.63) is 70.7 Å². The lowest BCUT2D eigenvalue weighted by atomic mass is 9.94. The van der Waals surface area contributed by atoms with Crippen LogP contribution in [-0.2, 0) is 6.42 Å². The first-order chi connectivity index (χ1) is 9.29. The van der Waals surface area contributed by atoms with Crippen molar-refractivity contribution in [3.8, 4) is 0 Å². The summed E-state index contributed by atoms with van der Waals surface area (Å²) in [6.07, 6.45) is 3.35. The molecule has 2 heteroatoms. The average molecular weight is 293 g/mol. The summed E-state index contributed by atoms with van der Waals surface area (Å²) in [7, 11) is 0. The molecule has 0 amide bonds. The van der Waals surface area contributed by atoms with Crippen LogP contribution in [0.15, 0.2) is 54.6 Å². The lowest BCUT2D eigenvalue weighted by Crippen LogP contribution is -2.01. The summed E-state index contributed by atoms with van der Waals surface area (Å²) in [5.74, 6) is 1.04. The number of hydrogen-bond donors (Lipinski definition) is 0. The molecule has 2 aromatic rings. The van der Waals surface area contributed by atoms with Crippen molar-refractivity contribution in [2.24, 2.45) is 0 Å².